The Morgan fingerprint density at radius 3 is 2.68 bits per heavy atom. The van der Waals surface area contributed by atoms with Gasteiger partial charge in [0.1, 0.15) is 28.9 Å². The van der Waals surface area contributed by atoms with Crippen molar-refractivity contribution in [3.8, 4) is 17.2 Å². The van der Waals surface area contributed by atoms with Crippen molar-refractivity contribution in [3.63, 3.8) is 0 Å². The normalized spacial score (nSPS) is 16.0. The molecule has 0 radical (unpaired) electrons. The minimum Gasteiger partial charge on any atom is -0.507 e. The molecule has 0 aromatic heterocycles. The second-order valence-electron chi connectivity index (χ2n) is 6.41. The number of ether oxygens (including phenoxy) is 2. The van der Waals surface area contributed by atoms with Crippen LogP contribution in [0.1, 0.15) is 47.9 Å². The molecule has 1 atom stereocenters. The maximum absolute atomic E-state index is 12.7. The molecule has 0 saturated heterocycles. The van der Waals surface area contributed by atoms with Gasteiger partial charge in [0.25, 0.3) is 0 Å². The van der Waals surface area contributed by atoms with Crippen LogP contribution in [0.3, 0.4) is 0 Å². The summed E-state index contributed by atoms with van der Waals surface area (Å²) in [5, 5.41) is 10.7. The smallest absolute Gasteiger partial charge is 0.174 e. The van der Waals surface area contributed by atoms with Crippen LogP contribution >= 0.6 is 0 Å². The zero-order chi connectivity index (χ0) is 18.0. The van der Waals surface area contributed by atoms with Crippen LogP contribution in [0.15, 0.2) is 48.0 Å². The Morgan fingerprint density at radius 1 is 1.32 bits per heavy atom. The average Bonchev–Trinajstić information content (AvgIpc) is 2.60. The van der Waals surface area contributed by atoms with Crippen LogP contribution < -0.4 is 9.47 Å². The molecule has 2 aromatic rings. The SMILES string of the molecule is COc1cc2c(c(O)c1CC=C(C)C)C(=O)CC(c1ccccc1)O2. The molecule has 3 rings (SSSR count). The van der Waals surface area contributed by atoms with E-state index in [1.54, 1.807) is 13.2 Å². The number of Topliss-reactive ketones (excluding diaryl/α,β-unsaturated/α-hetero) is 1. The first-order valence-corrected chi connectivity index (χ1v) is 8.32. The number of carbonyl (C=O) groups is 1. The summed E-state index contributed by atoms with van der Waals surface area (Å²) in [4.78, 5) is 12.7. The molecule has 1 N–H and O–H groups in total. The number of allylic oxidation sites excluding steroid dienone is 2. The number of ketones is 1. The Bertz CT molecular complexity index is 818. The average molecular weight is 338 g/mol. The maximum Gasteiger partial charge on any atom is 0.174 e. The van der Waals surface area contributed by atoms with E-state index in [1.165, 1.54) is 0 Å². The molecule has 0 aliphatic carbocycles. The summed E-state index contributed by atoms with van der Waals surface area (Å²) in [7, 11) is 1.55. The Morgan fingerprint density at radius 2 is 2.04 bits per heavy atom. The molecule has 1 aliphatic heterocycles. The molecular formula is C21H22O4. The summed E-state index contributed by atoms with van der Waals surface area (Å²) in [5.41, 5.74) is 2.93. The first-order valence-electron chi connectivity index (χ1n) is 8.32. The lowest BCUT2D eigenvalue weighted by molar-refractivity contribution is 0.0844. The molecule has 2 aromatic carbocycles. The number of methoxy groups -OCH3 is 1. The van der Waals surface area contributed by atoms with E-state index in [-0.39, 0.29) is 29.6 Å². The van der Waals surface area contributed by atoms with Crippen molar-refractivity contribution in [1.82, 2.24) is 0 Å². The van der Waals surface area contributed by atoms with Gasteiger partial charge >= 0.3 is 0 Å². The zero-order valence-corrected chi connectivity index (χ0v) is 14.7. The Hall–Kier alpha value is -2.75. The Balaban J connectivity index is 2.03. The summed E-state index contributed by atoms with van der Waals surface area (Å²) in [5.74, 6) is 0.743. The number of hydrogen-bond acceptors (Lipinski definition) is 4. The fraction of sp³-hybridized carbons (Fsp3) is 0.286. The van der Waals surface area contributed by atoms with Crippen molar-refractivity contribution < 1.29 is 19.4 Å². The van der Waals surface area contributed by atoms with Gasteiger partial charge in [-0.3, -0.25) is 4.79 Å². The third-order valence-electron chi connectivity index (χ3n) is 4.35. The highest BCUT2D eigenvalue weighted by atomic mass is 16.5. The summed E-state index contributed by atoms with van der Waals surface area (Å²) in [6.45, 7) is 3.97. The first kappa shape index (κ1) is 17.1. The van der Waals surface area contributed by atoms with Gasteiger partial charge < -0.3 is 14.6 Å². The molecule has 4 heteroatoms. The first-order chi connectivity index (χ1) is 12.0. The lowest BCUT2D eigenvalue weighted by Gasteiger charge is -2.27. The highest BCUT2D eigenvalue weighted by Gasteiger charge is 2.32. The maximum atomic E-state index is 12.7. The summed E-state index contributed by atoms with van der Waals surface area (Å²) in [6.07, 6.45) is 2.35. The van der Waals surface area contributed by atoms with Gasteiger partial charge in [0.2, 0.25) is 0 Å². The molecule has 1 unspecified atom stereocenters. The van der Waals surface area contributed by atoms with Crippen molar-refractivity contribution in [2.75, 3.05) is 7.11 Å². The third kappa shape index (κ3) is 3.38. The van der Waals surface area contributed by atoms with E-state index in [0.717, 1.165) is 11.1 Å². The fourth-order valence-electron chi connectivity index (χ4n) is 3.03. The summed E-state index contributed by atoms with van der Waals surface area (Å²) in [6, 6.07) is 11.3. The van der Waals surface area contributed by atoms with Gasteiger partial charge in [-0.25, -0.2) is 0 Å². The van der Waals surface area contributed by atoms with E-state index in [9.17, 15) is 9.90 Å². The van der Waals surface area contributed by atoms with Crippen LogP contribution in [0, 0.1) is 0 Å². The number of hydrogen-bond donors (Lipinski definition) is 1. The molecule has 0 fully saturated rings. The van der Waals surface area contributed by atoms with E-state index in [1.807, 2.05) is 50.3 Å². The van der Waals surface area contributed by atoms with Crippen molar-refractivity contribution in [2.24, 2.45) is 0 Å². The third-order valence-corrected chi connectivity index (χ3v) is 4.35. The van der Waals surface area contributed by atoms with E-state index in [2.05, 4.69) is 0 Å². The van der Waals surface area contributed by atoms with Crippen molar-refractivity contribution >= 4 is 5.78 Å². The van der Waals surface area contributed by atoms with E-state index >= 15 is 0 Å². The fourth-order valence-corrected chi connectivity index (χ4v) is 3.03. The lowest BCUT2D eigenvalue weighted by Crippen LogP contribution is -2.21. The lowest BCUT2D eigenvalue weighted by atomic mass is 9.93. The predicted molar refractivity (Wildman–Crippen MR) is 96.6 cm³/mol. The largest absolute Gasteiger partial charge is 0.507 e. The highest BCUT2D eigenvalue weighted by Crippen LogP contribution is 2.45. The number of phenols is 1. The summed E-state index contributed by atoms with van der Waals surface area (Å²) < 4.78 is 11.4. The van der Waals surface area contributed by atoms with E-state index in [4.69, 9.17) is 9.47 Å². The number of fused-ring (bicyclic) bond motifs is 1. The van der Waals surface area contributed by atoms with Gasteiger partial charge in [-0.05, 0) is 25.8 Å². The van der Waals surface area contributed by atoms with Gasteiger partial charge in [-0.15, -0.1) is 0 Å². The molecule has 1 aliphatic rings. The van der Waals surface area contributed by atoms with Crippen LogP contribution in [0.2, 0.25) is 0 Å². The molecule has 0 saturated carbocycles. The molecule has 25 heavy (non-hydrogen) atoms. The number of phenolic OH excluding ortho intramolecular Hbond substituents is 1. The Kier molecular flexibility index (Phi) is 4.79. The van der Waals surface area contributed by atoms with Gasteiger partial charge in [0, 0.05) is 11.6 Å². The monoisotopic (exact) mass is 338 g/mol. The minimum absolute atomic E-state index is 0.0386. The van der Waals surface area contributed by atoms with Gasteiger partial charge in [-0.1, -0.05) is 42.0 Å². The van der Waals surface area contributed by atoms with Gasteiger partial charge in [0.05, 0.1) is 13.5 Å². The van der Waals surface area contributed by atoms with Crippen molar-refractivity contribution in [3.05, 3.63) is 64.7 Å². The second-order valence-corrected chi connectivity index (χ2v) is 6.41. The molecule has 130 valence electrons. The quantitative estimate of drug-likeness (QED) is 0.827. The predicted octanol–water partition coefficient (Wildman–Crippen LogP) is 4.62. The molecule has 0 spiro atoms. The zero-order valence-electron chi connectivity index (χ0n) is 14.7. The molecule has 0 amide bonds. The van der Waals surface area contributed by atoms with Crippen molar-refractivity contribution in [2.45, 2.75) is 32.8 Å². The standard InChI is InChI=1S/C21H22O4/c1-13(2)9-10-15-18(24-3)12-19-20(21(15)23)16(22)11-17(25-19)14-7-5-4-6-8-14/h4-9,12,17,23H,10-11H2,1-3H3. The van der Waals surface area contributed by atoms with Crippen LogP contribution in [0.25, 0.3) is 0 Å². The van der Waals surface area contributed by atoms with Crippen LogP contribution in [0.4, 0.5) is 0 Å². The number of aromatic hydroxyl groups is 1. The van der Waals surface area contributed by atoms with E-state index < -0.39 is 0 Å². The topological polar surface area (TPSA) is 55.8 Å². The second kappa shape index (κ2) is 7.01. The highest BCUT2D eigenvalue weighted by molar-refractivity contribution is 6.03. The van der Waals surface area contributed by atoms with Gasteiger partial charge in [0.15, 0.2) is 5.78 Å². The summed E-state index contributed by atoms with van der Waals surface area (Å²) >= 11 is 0. The van der Waals surface area contributed by atoms with Crippen LogP contribution in [-0.2, 0) is 6.42 Å². The molecule has 1 heterocycles. The molecule has 0 bridgehead atoms. The van der Waals surface area contributed by atoms with Crippen LogP contribution in [-0.4, -0.2) is 18.0 Å². The number of benzene rings is 2. The van der Waals surface area contributed by atoms with Crippen LogP contribution in [0.5, 0.6) is 17.2 Å². The minimum atomic E-state index is -0.353. The number of rotatable bonds is 4. The van der Waals surface area contributed by atoms with Crippen molar-refractivity contribution in [1.29, 1.82) is 0 Å². The molecule has 4 nitrogen and oxygen atoms in total. The number of carbonyl (C=O) groups excluding carboxylic acids is 1. The van der Waals surface area contributed by atoms with E-state index in [0.29, 0.717) is 23.5 Å². The van der Waals surface area contributed by atoms with Gasteiger partial charge in [-0.2, -0.15) is 0 Å². The Labute approximate surface area is 147 Å². The molecular weight excluding hydrogens is 316 g/mol.